The highest BCUT2D eigenvalue weighted by molar-refractivity contribution is 5.85. The number of carbonyl (C=O) groups is 1. The topological polar surface area (TPSA) is 86.9 Å². The third kappa shape index (κ3) is 1.67. The van der Waals surface area contributed by atoms with Crippen LogP contribution in [0.25, 0.3) is 11.0 Å². The Bertz CT molecular complexity index is 602. The average molecular weight is 244 g/mol. The Hall–Kier alpha value is -1.88. The van der Waals surface area contributed by atoms with E-state index in [1.165, 1.54) is 0 Å². The Balaban J connectivity index is 1.98. The van der Waals surface area contributed by atoms with E-state index in [9.17, 15) is 4.79 Å². The number of amides is 1. The molecular formula is C13H16N4O. The Morgan fingerprint density at radius 3 is 2.83 bits per heavy atom. The number of rotatable bonds is 4. The van der Waals surface area contributed by atoms with E-state index in [2.05, 4.69) is 4.98 Å². The van der Waals surface area contributed by atoms with Crippen molar-refractivity contribution >= 4 is 16.9 Å². The summed E-state index contributed by atoms with van der Waals surface area (Å²) in [4.78, 5) is 15.9. The van der Waals surface area contributed by atoms with Crippen LogP contribution in [0, 0.1) is 5.92 Å². The molecule has 5 heteroatoms. The molecule has 1 aromatic heterocycles. The number of benzene rings is 1. The van der Waals surface area contributed by atoms with Gasteiger partial charge in [-0.25, -0.2) is 4.98 Å². The summed E-state index contributed by atoms with van der Waals surface area (Å²) >= 11 is 0. The van der Waals surface area contributed by atoms with Crippen LogP contribution in [0.1, 0.15) is 12.8 Å². The summed E-state index contributed by atoms with van der Waals surface area (Å²) in [7, 11) is 0. The fraction of sp³-hybridized carbons (Fsp3) is 0.385. The van der Waals surface area contributed by atoms with Crippen LogP contribution in [0.5, 0.6) is 0 Å². The van der Waals surface area contributed by atoms with Gasteiger partial charge in [-0.3, -0.25) is 4.79 Å². The second kappa shape index (κ2) is 3.81. The first kappa shape index (κ1) is 11.2. The average Bonchev–Trinajstić information content (AvgIpc) is 3.14. The second-order valence-electron chi connectivity index (χ2n) is 5.04. The highest BCUT2D eigenvalue weighted by Crippen LogP contribution is 2.39. The lowest BCUT2D eigenvalue weighted by atomic mass is 9.93. The lowest BCUT2D eigenvalue weighted by Gasteiger charge is -2.26. The van der Waals surface area contributed by atoms with Crippen LogP contribution in [-0.2, 0) is 11.3 Å². The minimum absolute atomic E-state index is 0.205. The molecule has 1 unspecified atom stereocenters. The Labute approximate surface area is 105 Å². The molecule has 0 saturated heterocycles. The zero-order valence-corrected chi connectivity index (χ0v) is 10.0. The smallest absolute Gasteiger partial charge is 0.239 e. The predicted octanol–water partition coefficient (Wildman–Crippen LogP) is 0.629. The van der Waals surface area contributed by atoms with E-state index >= 15 is 0 Å². The predicted molar refractivity (Wildman–Crippen MR) is 68.6 cm³/mol. The van der Waals surface area contributed by atoms with Crippen LogP contribution < -0.4 is 11.5 Å². The van der Waals surface area contributed by atoms with Crippen LogP contribution in [0.15, 0.2) is 30.6 Å². The molecular weight excluding hydrogens is 228 g/mol. The van der Waals surface area contributed by atoms with Crippen molar-refractivity contribution in [1.82, 2.24) is 9.55 Å². The van der Waals surface area contributed by atoms with Gasteiger partial charge in [0.25, 0.3) is 0 Å². The Morgan fingerprint density at radius 1 is 1.44 bits per heavy atom. The maximum Gasteiger partial charge on any atom is 0.239 e. The number of aromatic nitrogens is 2. The fourth-order valence-electron chi connectivity index (χ4n) is 2.42. The molecule has 4 N–H and O–H groups in total. The van der Waals surface area contributed by atoms with Gasteiger partial charge in [0, 0.05) is 0 Å². The van der Waals surface area contributed by atoms with Crippen molar-refractivity contribution in [3.8, 4) is 0 Å². The highest BCUT2D eigenvalue weighted by Gasteiger charge is 2.47. The van der Waals surface area contributed by atoms with E-state index < -0.39 is 11.4 Å². The molecule has 18 heavy (non-hydrogen) atoms. The van der Waals surface area contributed by atoms with Gasteiger partial charge in [-0.1, -0.05) is 12.1 Å². The van der Waals surface area contributed by atoms with Gasteiger partial charge in [-0.15, -0.1) is 0 Å². The maximum absolute atomic E-state index is 11.6. The summed E-state index contributed by atoms with van der Waals surface area (Å²) in [5, 5.41) is 0. The molecule has 94 valence electrons. The van der Waals surface area contributed by atoms with Crippen LogP contribution in [0.3, 0.4) is 0 Å². The third-order valence-corrected chi connectivity index (χ3v) is 3.72. The number of carbonyl (C=O) groups excluding carboxylic acids is 1. The number of nitrogens with two attached hydrogens (primary N) is 2. The molecule has 0 bridgehead atoms. The molecule has 5 nitrogen and oxygen atoms in total. The summed E-state index contributed by atoms with van der Waals surface area (Å²) in [6, 6.07) is 7.78. The van der Waals surface area contributed by atoms with E-state index in [1.807, 2.05) is 28.8 Å². The van der Waals surface area contributed by atoms with Crippen molar-refractivity contribution in [3.05, 3.63) is 30.6 Å². The summed E-state index contributed by atoms with van der Waals surface area (Å²) in [5.41, 5.74) is 12.6. The molecule has 0 radical (unpaired) electrons. The summed E-state index contributed by atoms with van der Waals surface area (Å²) < 4.78 is 1.92. The number of primary amides is 1. The van der Waals surface area contributed by atoms with E-state index in [-0.39, 0.29) is 5.92 Å². The summed E-state index contributed by atoms with van der Waals surface area (Å²) in [6.07, 6.45) is 3.68. The van der Waals surface area contributed by atoms with Gasteiger partial charge in [0.05, 0.1) is 23.9 Å². The minimum Gasteiger partial charge on any atom is -0.368 e. The third-order valence-electron chi connectivity index (χ3n) is 3.72. The number of nitrogens with zero attached hydrogens (tertiary/aromatic N) is 2. The van der Waals surface area contributed by atoms with E-state index in [0.717, 1.165) is 23.9 Å². The zero-order valence-electron chi connectivity index (χ0n) is 10.0. The highest BCUT2D eigenvalue weighted by atomic mass is 16.1. The van der Waals surface area contributed by atoms with Crippen molar-refractivity contribution < 1.29 is 4.79 Å². The summed E-state index contributed by atoms with van der Waals surface area (Å²) in [6.45, 7) is 0.396. The minimum atomic E-state index is -0.955. The SMILES string of the molecule is NC(=O)C(N)(Cn1cnc2ccccc21)C1CC1. The van der Waals surface area contributed by atoms with Gasteiger partial charge in [0.15, 0.2) is 0 Å². The van der Waals surface area contributed by atoms with Crippen molar-refractivity contribution in [2.24, 2.45) is 17.4 Å². The normalized spacial score (nSPS) is 18.7. The first-order valence-corrected chi connectivity index (χ1v) is 6.10. The maximum atomic E-state index is 11.6. The Kier molecular flexibility index (Phi) is 2.38. The number of para-hydroxylation sites is 2. The van der Waals surface area contributed by atoms with E-state index in [4.69, 9.17) is 11.5 Å². The van der Waals surface area contributed by atoms with Crippen molar-refractivity contribution in [3.63, 3.8) is 0 Å². The molecule has 1 fully saturated rings. The molecule has 1 heterocycles. The van der Waals surface area contributed by atoms with Crippen LogP contribution in [0.2, 0.25) is 0 Å². The van der Waals surface area contributed by atoms with E-state index in [0.29, 0.717) is 6.54 Å². The molecule has 1 saturated carbocycles. The molecule has 0 aliphatic heterocycles. The lowest BCUT2D eigenvalue weighted by molar-refractivity contribution is -0.124. The number of imidazole rings is 1. The van der Waals surface area contributed by atoms with Crippen LogP contribution >= 0.6 is 0 Å². The van der Waals surface area contributed by atoms with Gasteiger partial charge >= 0.3 is 0 Å². The Morgan fingerprint density at radius 2 is 2.17 bits per heavy atom. The van der Waals surface area contributed by atoms with Crippen molar-refractivity contribution in [2.45, 2.75) is 24.9 Å². The van der Waals surface area contributed by atoms with Gasteiger partial charge in [0.2, 0.25) is 5.91 Å². The molecule has 2 aromatic rings. The van der Waals surface area contributed by atoms with Crippen LogP contribution in [-0.4, -0.2) is 21.0 Å². The largest absolute Gasteiger partial charge is 0.368 e. The number of hydrogen-bond donors (Lipinski definition) is 2. The molecule has 1 amide bonds. The summed E-state index contributed by atoms with van der Waals surface area (Å²) in [5.74, 6) is -0.223. The monoisotopic (exact) mass is 244 g/mol. The fourth-order valence-corrected chi connectivity index (χ4v) is 2.42. The molecule has 1 aliphatic carbocycles. The van der Waals surface area contributed by atoms with Crippen LogP contribution in [0.4, 0.5) is 0 Å². The number of fused-ring (bicyclic) bond motifs is 1. The molecule has 0 spiro atoms. The molecule has 3 rings (SSSR count). The standard InChI is InChI=1S/C13H16N4O/c14-12(18)13(15,9-5-6-9)7-17-8-16-10-3-1-2-4-11(10)17/h1-4,8-9H,5-7,15H2,(H2,14,18). The first-order valence-electron chi connectivity index (χ1n) is 6.10. The molecule has 1 aliphatic rings. The first-order chi connectivity index (χ1) is 8.61. The van der Waals surface area contributed by atoms with Gasteiger partial charge < -0.3 is 16.0 Å². The molecule has 1 aromatic carbocycles. The molecule has 1 atom stereocenters. The second-order valence-corrected chi connectivity index (χ2v) is 5.04. The zero-order chi connectivity index (χ0) is 12.8. The van der Waals surface area contributed by atoms with Gasteiger partial charge in [-0.2, -0.15) is 0 Å². The van der Waals surface area contributed by atoms with Gasteiger partial charge in [-0.05, 0) is 30.9 Å². The quantitative estimate of drug-likeness (QED) is 0.827. The van der Waals surface area contributed by atoms with Crippen molar-refractivity contribution in [2.75, 3.05) is 0 Å². The number of hydrogen-bond acceptors (Lipinski definition) is 3. The van der Waals surface area contributed by atoms with Gasteiger partial charge in [0.1, 0.15) is 5.54 Å². The van der Waals surface area contributed by atoms with Crippen molar-refractivity contribution in [1.29, 1.82) is 0 Å². The van der Waals surface area contributed by atoms with E-state index in [1.54, 1.807) is 6.33 Å². The lowest BCUT2D eigenvalue weighted by Crippen LogP contribution is -2.56.